The lowest BCUT2D eigenvalue weighted by atomic mass is 10.0. The summed E-state index contributed by atoms with van der Waals surface area (Å²) in [4.78, 5) is 8.20. The highest BCUT2D eigenvalue weighted by Gasteiger charge is 2.12. The highest BCUT2D eigenvalue weighted by Crippen LogP contribution is 2.26. The fourth-order valence-corrected chi connectivity index (χ4v) is 1.68. The van der Waals surface area contributed by atoms with E-state index in [-0.39, 0.29) is 12.0 Å². The Balaban J connectivity index is 2.67. The van der Waals surface area contributed by atoms with Gasteiger partial charge in [-0.3, -0.25) is 0 Å². The normalized spacial score (nSPS) is 12.8. The number of hydrogen-bond donors (Lipinski definition) is 3. The molecule has 0 radical (unpaired) electrons. The molecule has 0 aliphatic rings. The van der Waals surface area contributed by atoms with E-state index in [2.05, 4.69) is 29.1 Å². The van der Waals surface area contributed by atoms with Crippen molar-refractivity contribution in [2.24, 2.45) is 0 Å². The standard InChI is InChI=1S/C12H22N4O/c1-4-9(17)5-6-14-12-10(8(2)3)11(13)15-7-16-12/h7-9,17H,4-6H2,1-3H3,(H3,13,14,15,16). The maximum atomic E-state index is 9.47. The van der Waals surface area contributed by atoms with Gasteiger partial charge in [-0.05, 0) is 18.8 Å². The van der Waals surface area contributed by atoms with Crippen molar-refractivity contribution in [3.8, 4) is 0 Å². The smallest absolute Gasteiger partial charge is 0.134 e. The molecule has 0 amide bonds. The van der Waals surface area contributed by atoms with Crippen molar-refractivity contribution < 1.29 is 5.11 Å². The molecular formula is C12H22N4O. The molecule has 0 aliphatic heterocycles. The summed E-state index contributed by atoms with van der Waals surface area (Å²) in [5.41, 5.74) is 6.78. The fourth-order valence-electron chi connectivity index (χ4n) is 1.68. The lowest BCUT2D eigenvalue weighted by molar-refractivity contribution is 0.164. The highest BCUT2D eigenvalue weighted by atomic mass is 16.3. The summed E-state index contributed by atoms with van der Waals surface area (Å²) in [7, 11) is 0. The molecule has 5 heteroatoms. The minimum absolute atomic E-state index is 0.260. The van der Waals surface area contributed by atoms with Crippen molar-refractivity contribution in [3.05, 3.63) is 11.9 Å². The Bertz CT molecular complexity index is 354. The highest BCUT2D eigenvalue weighted by molar-refractivity contribution is 5.56. The first kappa shape index (κ1) is 13.7. The Morgan fingerprint density at radius 2 is 2.12 bits per heavy atom. The van der Waals surface area contributed by atoms with Crippen LogP contribution in [0.1, 0.15) is 45.1 Å². The van der Waals surface area contributed by atoms with Crippen LogP contribution in [0.4, 0.5) is 11.6 Å². The van der Waals surface area contributed by atoms with Gasteiger partial charge >= 0.3 is 0 Å². The number of aliphatic hydroxyl groups excluding tert-OH is 1. The molecule has 0 saturated heterocycles. The molecule has 17 heavy (non-hydrogen) atoms. The summed E-state index contributed by atoms with van der Waals surface area (Å²) in [5, 5.41) is 12.7. The quantitative estimate of drug-likeness (QED) is 0.703. The van der Waals surface area contributed by atoms with E-state index in [9.17, 15) is 5.11 Å². The van der Waals surface area contributed by atoms with E-state index in [0.717, 1.165) is 17.8 Å². The van der Waals surface area contributed by atoms with Gasteiger partial charge in [0.05, 0.1) is 6.10 Å². The summed E-state index contributed by atoms with van der Waals surface area (Å²) in [6.07, 6.45) is 2.67. The topological polar surface area (TPSA) is 84.1 Å². The van der Waals surface area contributed by atoms with Crippen LogP contribution in [0, 0.1) is 0 Å². The van der Waals surface area contributed by atoms with Gasteiger partial charge in [0.1, 0.15) is 18.0 Å². The zero-order valence-electron chi connectivity index (χ0n) is 10.8. The summed E-state index contributed by atoms with van der Waals surface area (Å²) >= 11 is 0. The van der Waals surface area contributed by atoms with E-state index in [1.807, 2.05) is 6.92 Å². The number of aromatic nitrogens is 2. The Morgan fingerprint density at radius 3 is 2.71 bits per heavy atom. The Morgan fingerprint density at radius 1 is 1.41 bits per heavy atom. The molecule has 1 aromatic heterocycles. The van der Waals surface area contributed by atoms with Gasteiger partial charge in [0.2, 0.25) is 0 Å². The lowest BCUT2D eigenvalue weighted by Gasteiger charge is -2.15. The molecule has 1 heterocycles. The predicted molar refractivity (Wildman–Crippen MR) is 69.9 cm³/mol. The Kier molecular flexibility index (Phi) is 5.15. The molecule has 0 aromatic carbocycles. The van der Waals surface area contributed by atoms with Crippen molar-refractivity contribution in [2.45, 2.75) is 45.6 Å². The van der Waals surface area contributed by atoms with Gasteiger partial charge < -0.3 is 16.2 Å². The van der Waals surface area contributed by atoms with Gasteiger partial charge in [0.15, 0.2) is 0 Å². The van der Waals surface area contributed by atoms with Gasteiger partial charge in [0.25, 0.3) is 0 Å². The summed E-state index contributed by atoms with van der Waals surface area (Å²) in [5.74, 6) is 1.57. The zero-order valence-corrected chi connectivity index (χ0v) is 10.8. The van der Waals surface area contributed by atoms with Crippen LogP contribution in [0.25, 0.3) is 0 Å². The van der Waals surface area contributed by atoms with Gasteiger partial charge in [-0.25, -0.2) is 9.97 Å². The third-order valence-electron chi connectivity index (χ3n) is 2.73. The summed E-state index contributed by atoms with van der Waals surface area (Å²) in [6.45, 7) is 6.76. The van der Waals surface area contributed by atoms with Crippen LogP contribution < -0.4 is 11.1 Å². The second-order valence-corrected chi connectivity index (χ2v) is 4.45. The number of anilines is 2. The van der Waals surface area contributed by atoms with Crippen molar-refractivity contribution in [1.29, 1.82) is 0 Å². The molecule has 96 valence electrons. The van der Waals surface area contributed by atoms with E-state index in [4.69, 9.17) is 5.73 Å². The minimum Gasteiger partial charge on any atom is -0.393 e. The van der Waals surface area contributed by atoms with Crippen LogP contribution in [0.3, 0.4) is 0 Å². The number of hydrogen-bond acceptors (Lipinski definition) is 5. The van der Waals surface area contributed by atoms with Crippen LogP contribution in [-0.2, 0) is 0 Å². The molecular weight excluding hydrogens is 216 g/mol. The van der Waals surface area contributed by atoms with Gasteiger partial charge in [-0.1, -0.05) is 20.8 Å². The monoisotopic (exact) mass is 238 g/mol. The van der Waals surface area contributed by atoms with Crippen LogP contribution in [0.5, 0.6) is 0 Å². The maximum Gasteiger partial charge on any atom is 0.134 e. The van der Waals surface area contributed by atoms with Crippen LogP contribution in [0.2, 0.25) is 0 Å². The molecule has 0 aliphatic carbocycles. The molecule has 5 nitrogen and oxygen atoms in total. The van der Waals surface area contributed by atoms with Crippen molar-refractivity contribution in [3.63, 3.8) is 0 Å². The summed E-state index contributed by atoms with van der Waals surface area (Å²) < 4.78 is 0. The van der Waals surface area contributed by atoms with Gasteiger partial charge in [-0.2, -0.15) is 0 Å². The molecule has 1 unspecified atom stereocenters. The third-order valence-corrected chi connectivity index (χ3v) is 2.73. The van der Waals surface area contributed by atoms with Gasteiger partial charge in [-0.15, -0.1) is 0 Å². The second kappa shape index (κ2) is 6.39. The van der Waals surface area contributed by atoms with E-state index >= 15 is 0 Å². The van der Waals surface area contributed by atoms with E-state index in [1.54, 1.807) is 0 Å². The SMILES string of the molecule is CCC(O)CCNc1ncnc(N)c1C(C)C. The van der Waals surface area contributed by atoms with E-state index in [0.29, 0.717) is 18.8 Å². The van der Waals surface area contributed by atoms with E-state index < -0.39 is 0 Å². The van der Waals surface area contributed by atoms with Crippen molar-refractivity contribution >= 4 is 11.6 Å². The Labute approximate surface area is 102 Å². The number of nitrogens with two attached hydrogens (primary N) is 1. The molecule has 0 spiro atoms. The maximum absolute atomic E-state index is 9.47. The molecule has 1 aromatic rings. The first-order chi connectivity index (χ1) is 8.06. The molecule has 0 fully saturated rings. The first-order valence-corrected chi connectivity index (χ1v) is 6.08. The molecule has 1 atom stereocenters. The summed E-state index contributed by atoms with van der Waals surface area (Å²) in [6, 6.07) is 0. The van der Waals surface area contributed by atoms with Gasteiger partial charge in [0, 0.05) is 12.1 Å². The van der Waals surface area contributed by atoms with Crippen LogP contribution in [-0.4, -0.2) is 27.7 Å². The fraction of sp³-hybridized carbons (Fsp3) is 0.667. The van der Waals surface area contributed by atoms with Crippen LogP contribution in [0.15, 0.2) is 6.33 Å². The largest absolute Gasteiger partial charge is 0.393 e. The van der Waals surface area contributed by atoms with E-state index in [1.165, 1.54) is 6.33 Å². The molecule has 0 bridgehead atoms. The average Bonchev–Trinajstić information content (AvgIpc) is 2.28. The molecule has 4 N–H and O–H groups in total. The van der Waals surface area contributed by atoms with Crippen molar-refractivity contribution in [1.82, 2.24) is 9.97 Å². The second-order valence-electron chi connectivity index (χ2n) is 4.45. The Hall–Kier alpha value is -1.36. The molecule has 0 saturated carbocycles. The number of nitrogen functional groups attached to an aromatic ring is 1. The number of aliphatic hydroxyl groups is 1. The lowest BCUT2D eigenvalue weighted by Crippen LogP contribution is -2.15. The number of nitrogens with zero attached hydrogens (tertiary/aromatic N) is 2. The minimum atomic E-state index is -0.260. The third kappa shape index (κ3) is 3.85. The average molecular weight is 238 g/mol. The first-order valence-electron chi connectivity index (χ1n) is 6.08. The number of nitrogens with one attached hydrogen (secondary N) is 1. The predicted octanol–water partition coefficient (Wildman–Crippen LogP) is 1.76. The zero-order chi connectivity index (χ0) is 12.8. The van der Waals surface area contributed by atoms with Crippen LogP contribution >= 0.6 is 0 Å². The van der Waals surface area contributed by atoms with Crippen molar-refractivity contribution in [2.75, 3.05) is 17.6 Å². The molecule has 1 rings (SSSR count). The number of rotatable bonds is 6.